The first-order valence-electron chi connectivity index (χ1n) is 3.99. The number of amides is 3. The topological polar surface area (TPSA) is 75.3 Å². The van der Waals surface area contributed by atoms with Gasteiger partial charge < -0.3 is 5.32 Å². The highest BCUT2D eigenvalue weighted by atomic mass is 32.2. The molecule has 6 heteroatoms. The van der Waals surface area contributed by atoms with Crippen LogP contribution in [-0.4, -0.2) is 33.2 Å². The molecule has 0 radical (unpaired) electrons. The molecule has 13 heavy (non-hydrogen) atoms. The van der Waals surface area contributed by atoms with Crippen LogP contribution in [0.5, 0.6) is 0 Å². The van der Waals surface area contributed by atoms with Gasteiger partial charge in [0.2, 0.25) is 0 Å². The van der Waals surface area contributed by atoms with E-state index in [9.17, 15) is 13.8 Å². The summed E-state index contributed by atoms with van der Waals surface area (Å²) in [5.74, 6) is -0.200. The van der Waals surface area contributed by atoms with E-state index < -0.39 is 22.9 Å². The molecule has 0 saturated carbocycles. The summed E-state index contributed by atoms with van der Waals surface area (Å²) in [5.41, 5.74) is 0. The minimum Gasteiger partial charge on any atom is -0.325 e. The minimum absolute atomic E-state index is 0.00491. The van der Waals surface area contributed by atoms with Crippen molar-refractivity contribution >= 4 is 22.7 Å². The van der Waals surface area contributed by atoms with Gasteiger partial charge in [0.25, 0.3) is 5.91 Å². The van der Waals surface area contributed by atoms with Crippen molar-refractivity contribution in [3.63, 3.8) is 0 Å². The van der Waals surface area contributed by atoms with Crippen LogP contribution < -0.4 is 10.6 Å². The number of rotatable bonds is 3. The van der Waals surface area contributed by atoms with E-state index in [0.717, 1.165) is 0 Å². The Bertz CT molecular complexity index is 264. The van der Waals surface area contributed by atoms with Crippen molar-refractivity contribution in [2.45, 2.75) is 25.1 Å². The maximum absolute atomic E-state index is 11.3. The number of hydrogen-bond acceptors (Lipinski definition) is 3. The lowest BCUT2D eigenvalue weighted by molar-refractivity contribution is -0.119. The van der Waals surface area contributed by atoms with E-state index in [-0.39, 0.29) is 16.9 Å². The third-order valence-electron chi connectivity index (χ3n) is 1.72. The van der Waals surface area contributed by atoms with Crippen molar-refractivity contribution in [2.75, 3.05) is 5.75 Å². The van der Waals surface area contributed by atoms with Crippen LogP contribution in [0, 0.1) is 0 Å². The second-order valence-electron chi connectivity index (χ2n) is 3.11. The zero-order valence-electron chi connectivity index (χ0n) is 7.49. The molecule has 1 rings (SSSR count). The van der Waals surface area contributed by atoms with Crippen molar-refractivity contribution in [3.8, 4) is 0 Å². The van der Waals surface area contributed by atoms with Crippen molar-refractivity contribution in [1.82, 2.24) is 10.6 Å². The quantitative estimate of drug-likeness (QED) is 0.600. The molecule has 74 valence electrons. The second kappa shape index (κ2) is 3.87. The highest BCUT2D eigenvalue weighted by Crippen LogP contribution is 2.00. The first kappa shape index (κ1) is 10.2. The molecule has 3 amide bonds. The van der Waals surface area contributed by atoms with E-state index in [2.05, 4.69) is 10.6 Å². The fraction of sp³-hybridized carbons (Fsp3) is 0.714. The molecule has 1 aliphatic rings. The molecule has 0 spiro atoms. The van der Waals surface area contributed by atoms with Crippen LogP contribution in [0.4, 0.5) is 4.79 Å². The molecule has 0 aliphatic carbocycles. The Morgan fingerprint density at radius 1 is 1.46 bits per heavy atom. The highest BCUT2D eigenvalue weighted by Gasteiger charge is 2.31. The van der Waals surface area contributed by atoms with E-state index in [1.807, 2.05) is 13.8 Å². The average Bonchev–Trinajstić information content (AvgIpc) is 2.30. The third-order valence-corrected chi connectivity index (χ3v) is 3.43. The molecular formula is C7H12N2O3S. The molecule has 5 nitrogen and oxygen atoms in total. The third kappa shape index (κ3) is 2.51. The van der Waals surface area contributed by atoms with Gasteiger partial charge in [-0.1, -0.05) is 13.8 Å². The van der Waals surface area contributed by atoms with Crippen LogP contribution in [-0.2, 0) is 15.6 Å². The maximum atomic E-state index is 11.3. The molecule has 1 saturated heterocycles. The van der Waals surface area contributed by atoms with Crippen LogP contribution in [0.2, 0.25) is 0 Å². The molecule has 2 N–H and O–H groups in total. The Hall–Kier alpha value is -0.910. The SMILES string of the molecule is CC(C)[S@](=O)C[C@@H]1NC(=O)NC1=O. The van der Waals surface area contributed by atoms with Crippen LogP contribution in [0.25, 0.3) is 0 Å². The lowest BCUT2D eigenvalue weighted by Crippen LogP contribution is -2.36. The van der Waals surface area contributed by atoms with Crippen LogP contribution in [0.1, 0.15) is 13.8 Å². The van der Waals surface area contributed by atoms with Crippen molar-refractivity contribution in [1.29, 1.82) is 0 Å². The first-order chi connectivity index (χ1) is 6.00. The normalized spacial score (nSPS) is 24.4. The van der Waals surface area contributed by atoms with E-state index in [1.165, 1.54) is 0 Å². The van der Waals surface area contributed by atoms with Gasteiger partial charge in [0.15, 0.2) is 0 Å². The summed E-state index contributed by atoms with van der Waals surface area (Å²) in [5, 5.41) is 4.49. The highest BCUT2D eigenvalue weighted by molar-refractivity contribution is 7.85. The van der Waals surface area contributed by atoms with Gasteiger partial charge in [0, 0.05) is 16.0 Å². The van der Waals surface area contributed by atoms with Crippen molar-refractivity contribution < 1.29 is 13.8 Å². The summed E-state index contributed by atoms with van der Waals surface area (Å²) in [6.45, 7) is 3.62. The Labute approximate surface area is 78.7 Å². The zero-order valence-corrected chi connectivity index (χ0v) is 8.31. The standard InChI is InChI=1S/C7H12N2O3S/c1-4(2)13(12)3-5-6(10)9-7(11)8-5/h4-5H,3H2,1-2H3,(H2,8,9,10,11)/t5-,13+/m0/s1. The lowest BCUT2D eigenvalue weighted by atomic mass is 10.3. The largest absolute Gasteiger partial charge is 0.325 e. The van der Waals surface area contributed by atoms with Crippen LogP contribution >= 0.6 is 0 Å². The number of imide groups is 1. The summed E-state index contributed by atoms with van der Waals surface area (Å²) in [6, 6.07) is -1.13. The number of carbonyl (C=O) groups is 2. The monoisotopic (exact) mass is 204 g/mol. The number of nitrogens with one attached hydrogen (secondary N) is 2. The van der Waals surface area contributed by atoms with Gasteiger partial charge in [-0.05, 0) is 0 Å². The Kier molecular flexibility index (Phi) is 3.02. The zero-order chi connectivity index (χ0) is 10.0. The number of hydrogen-bond donors (Lipinski definition) is 2. The van der Waals surface area contributed by atoms with Crippen LogP contribution in [0.15, 0.2) is 0 Å². The Morgan fingerprint density at radius 2 is 2.08 bits per heavy atom. The average molecular weight is 204 g/mol. The summed E-state index contributed by atoms with van der Waals surface area (Å²) in [6.07, 6.45) is 0. The maximum Gasteiger partial charge on any atom is 0.322 e. The molecule has 1 aliphatic heterocycles. The van der Waals surface area contributed by atoms with E-state index >= 15 is 0 Å². The van der Waals surface area contributed by atoms with Crippen molar-refractivity contribution in [2.24, 2.45) is 0 Å². The Morgan fingerprint density at radius 3 is 2.46 bits per heavy atom. The number of carbonyl (C=O) groups excluding carboxylic acids is 2. The van der Waals surface area contributed by atoms with Gasteiger partial charge >= 0.3 is 6.03 Å². The molecule has 0 unspecified atom stereocenters. The summed E-state index contributed by atoms with van der Waals surface area (Å²) < 4.78 is 11.3. The second-order valence-corrected chi connectivity index (χ2v) is 5.15. The summed E-state index contributed by atoms with van der Waals surface area (Å²) >= 11 is 0. The fourth-order valence-electron chi connectivity index (χ4n) is 0.933. The lowest BCUT2D eigenvalue weighted by Gasteiger charge is -2.08. The van der Waals surface area contributed by atoms with Gasteiger partial charge in [-0.3, -0.25) is 14.3 Å². The molecule has 1 fully saturated rings. The van der Waals surface area contributed by atoms with Crippen molar-refractivity contribution in [3.05, 3.63) is 0 Å². The van der Waals surface area contributed by atoms with Crippen LogP contribution in [0.3, 0.4) is 0 Å². The van der Waals surface area contributed by atoms with Gasteiger partial charge in [-0.25, -0.2) is 4.79 Å². The van der Waals surface area contributed by atoms with Gasteiger partial charge in [-0.15, -0.1) is 0 Å². The smallest absolute Gasteiger partial charge is 0.322 e. The first-order valence-corrected chi connectivity index (χ1v) is 5.37. The fourth-order valence-corrected chi connectivity index (χ4v) is 1.88. The predicted molar refractivity (Wildman–Crippen MR) is 48.6 cm³/mol. The minimum atomic E-state index is -1.07. The van der Waals surface area contributed by atoms with E-state index in [1.54, 1.807) is 0 Å². The van der Waals surface area contributed by atoms with E-state index in [4.69, 9.17) is 0 Å². The van der Waals surface area contributed by atoms with E-state index in [0.29, 0.717) is 0 Å². The molecule has 0 bridgehead atoms. The van der Waals surface area contributed by atoms with Gasteiger partial charge in [0.05, 0.1) is 5.75 Å². The van der Waals surface area contributed by atoms with Gasteiger partial charge in [0.1, 0.15) is 6.04 Å². The summed E-state index contributed by atoms with van der Waals surface area (Å²) in [7, 11) is -1.07. The Balaban J connectivity index is 2.51. The molecule has 1 heterocycles. The molecule has 0 aromatic carbocycles. The molecule has 0 aromatic heterocycles. The summed E-state index contributed by atoms with van der Waals surface area (Å²) in [4.78, 5) is 21.7. The molecule has 2 atom stereocenters. The molecular weight excluding hydrogens is 192 g/mol. The number of urea groups is 1. The van der Waals surface area contributed by atoms with Gasteiger partial charge in [-0.2, -0.15) is 0 Å². The molecule has 0 aromatic rings. The predicted octanol–water partition coefficient (Wildman–Crippen LogP) is -0.649.